The van der Waals surface area contributed by atoms with Crippen LogP contribution in [0.2, 0.25) is 0 Å². The molecule has 7 heteroatoms. The molecule has 0 aliphatic heterocycles. The lowest BCUT2D eigenvalue weighted by molar-refractivity contribution is 0.242. The fourth-order valence-corrected chi connectivity index (χ4v) is 3.07. The summed E-state index contributed by atoms with van der Waals surface area (Å²) in [6.07, 6.45) is 3.80. The second kappa shape index (κ2) is 7.20. The van der Waals surface area contributed by atoms with Gasteiger partial charge in [-0.3, -0.25) is 0 Å². The Kier molecular flexibility index (Phi) is 4.60. The number of nitrogens with one attached hydrogen (secondary N) is 2. The molecule has 0 amide bonds. The largest absolute Gasteiger partial charge is 0.491 e. The Morgan fingerprint density at radius 2 is 2.04 bits per heavy atom. The van der Waals surface area contributed by atoms with Gasteiger partial charge in [0.2, 0.25) is 4.77 Å². The molecular formula is C20H19N5OS. The van der Waals surface area contributed by atoms with Crippen LogP contribution >= 0.6 is 12.2 Å². The van der Waals surface area contributed by atoms with E-state index in [1.807, 2.05) is 62.5 Å². The molecule has 0 saturated carbocycles. The Bertz CT molecular complexity index is 1170. The lowest BCUT2D eigenvalue weighted by atomic mass is 10.2. The van der Waals surface area contributed by atoms with Gasteiger partial charge in [-0.05, 0) is 44.3 Å². The normalized spacial score (nSPS) is 11.7. The lowest BCUT2D eigenvalue weighted by Crippen LogP contribution is -2.05. The van der Waals surface area contributed by atoms with Crippen LogP contribution in [0.15, 0.2) is 59.8 Å². The summed E-state index contributed by atoms with van der Waals surface area (Å²) in [7, 11) is 0. The van der Waals surface area contributed by atoms with E-state index in [0.29, 0.717) is 10.6 Å². The summed E-state index contributed by atoms with van der Waals surface area (Å²) in [5.41, 5.74) is 2.92. The van der Waals surface area contributed by atoms with E-state index in [2.05, 4.69) is 26.3 Å². The molecule has 0 aliphatic rings. The molecule has 2 N–H and O–H groups in total. The summed E-state index contributed by atoms with van der Waals surface area (Å²) >= 11 is 5.36. The van der Waals surface area contributed by atoms with E-state index in [1.165, 1.54) is 0 Å². The van der Waals surface area contributed by atoms with Gasteiger partial charge >= 0.3 is 0 Å². The van der Waals surface area contributed by atoms with E-state index >= 15 is 0 Å². The molecule has 0 spiro atoms. The van der Waals surface area contributed by atoms with Gasteiger partial charge in [-0.25, -0.2) is 5.10 Å². The number of aromatic amines is 2. The smallest absolute Gasteiger partial charge is 0.216 e. The number of hydrogen-bond acceptors (Lipinski definition) is 4. The predicted molar refractivity (Wildman–Crippen MR) is 110 cm³/mol. The van der Waals surface area contributed by atoms with E-state index in [9.17, 15) is 0 Å². The molecule has 0 saturated heterocycles. The molecule has 0 aliphatic carbocycles. The Morgan fingerprint density at radius 3 is 2.89 bits per heavy atom. The fraction of sp³-hybridized carbons (Fsp3) is 0.150. The molecular weight excluding hydrogens is 358 g/mol. The summed E-state index contributed by atoms with van der Waals surface area (Å²) < 4.78 is 7.82. The Hall–Kier alpha value is -3.19. The molecule has 2 aromatic carbocycles. The van der Waals surface area contributed by atoms with E-state index in [1.54, 1.807) is 10.9 Å². The maximum Gasteiger partial charge on any atom is 0.216 e. The van der Waals surface area contributed by atoms with Crippen molar-refractivity contribution in [2.75, 3.05) is 0 Å². The molecule has 6 nitrogen and oxygen atoms in total. The van der Waals surface area contributed by atoms with Crippen molar-refractivity contribution in [3.05, 3.63) is 65.1 Å². The van der Waals surface area contributed by atoms with Crippen molar-refractivity contribution in [2.24, 2.45) is 5.10 Å². The van der Waals surface area contributed by atoms with Crippen molar-refractivity contribution in [3.63, 3.8) is 0 Å². The highest BCUT2D eigenvalue weighted by atomic mass is 32.1. The lowest BCUT2D eigenvalue weighted by Gasteiger charge is -2.10. The minimum absolute atomic E-state index is 0.0981. The minimum Gasteiger partial charge on any atom is -0.491 e. The maximum atomic E-state index is 5.77. The molecule has 27 heavy (non-hydrogen) atoms. The molecule has 0 fully saturated rings. The predicted octanol–water partition coefficient (Wildman–Crippen LogP) is 4.76. The number of aromatic nitrogens is 4. The number of benzene rings is 2. The first-order valence-electron chi connectivity index (χ1n) is 8.67. The van der Waals surface area contributed by atoms with Crippen LogP contribution in [0.5, 0.6) is 5.75 Å². The Labute approximate surface area is 161 Å². The van der Waals surface area contributed by atoms with Gasteiger partial charge in [0.15, 0.2) is 5.82 Å². The SMILES string of the molecule is CC(C)Oc1cccc(-c2n[nH]c(=S)n2N=Cc2c[nH]c3ccccc23)c1. The van der Waals surface area contributed by atoms with E-state index in [0.717, 1.165) is 27.8 Å². The van der Waals surface area contributed by atoms with Crippen LogP contribution in [-0.4, -0.2) is 32.2 Å². The quantitative estimate of drug-likeness (QED) is 0.389. The molecule has 0 atom stereocenters. The van der Waals surface area contributed by atoms with Gasteiger partial charge < -0.3 is 9.72 Å². The summed E-state index contributed by atoms with van der Waals surface area (Å²) in [5, 5.41) is 12.8. The number of H-pyrrole nitrogens is 2. The second-order valence-electron chi connectivity index (χ2n) is 6.39. The first-order valence-corrected chi connectivity index (χ1v) is 9.07. The van der Waals surface area contributed by atoms with E-state index < -0.39 is 0 Å². The second-order valence-corrected chi connectivity index (χ2v) is 6.78. The number of ether oxygens (including phenoxy) is 1. The zero-order valence-electron chi connectivity index (χ0n) is 15.0. The van der Waals surface area contributed by atoms with E-state index in [4.69, 9.17) is 17.0 Å². The summed E-state index contributed by atoms with van der Waals surface area (Å²) in [4.78, 5) is 3.24. The van der Waals surface area contributed by atoms with Gasteiger partial charge in [0.05, 0.1) is 12.3 Å². The van der Waals surface area contributed by atoms with Gasteiger partial charge in [-0.2, -0.15) is 14.9 Å². The minimum atomic E-state index is 0.0981. The van der Waals surface area contributed by atoms with Gasteiger partial charge in [0.1, 0.15) is 5.75 Å². The Balaban J connectivity index is 1.71. The number of hydrogen-bond donors (Lipinski definition) is 2. The zero-order valence-corrected chi connectivity index (χ0v) is 15.8. The topological polar surface area (TPSA) is 71.0 Å². The summed E-state index contributed by atoms with van der Waals surface area (Å²) in [6, 6.07) is 15.8. The third-order valence-corrected chi connectivity index (χ3v) is 4.31. The maximum absolute atomic E-state index is 5.77. The molecule has 4 aromatic rings. The number of nitrogens with zero attached hydrogens (tertiary/aromatic N) is 3. The molecule has 0 unspecified atom stereocenters. The highest BCUT2D eigenvalue weighted by Crippen LogP contribution is 2.23. The zero-order chi connectivity index (χ0) is 18.8. The summed E-state index contributed by atoms with van der Waals surface area (Å²) in [6.45, 7) is 3.99. The van der Waals surface area contributed by atoms with Crippen LogP contribution in [0.3, 0.4) is 0 Å². The van der Waals surface area contributed by atoms with Crippen molar-refractivity contribution in [2.45, 2.75) is 20.0 Å². The van der Waals surface area contributed by atoms with E-state index in [-0.39, 0.29) is 6.10 Å². The van der Waals surface area contributed by atoms with Gasteiger partial charge in [-0.1, -0.05) is 30.3 Å². The number of rotatable bonds is 5. The average molecular weight is 377 g/mol. The monoisotopic (exact) mass is 377 g/mol. The fourth-order valence-electron chi connectivity index (χ4n) is 2.89. The highest BCUT2D eigenvalue weighted by molar-refractivity contribution is 7.71. The van der Waals surface area contributed by atoms with Gasteiger partial charge in [0.25, 0.3) is 0 Å². The number of fused-ring (bicyclic) bond motifs is 1. The van der Waals surface area contributed by atoms with Crippen LogP contribution in [0.4, 0.5) is 0 Å². The van der Waals surface area contributed by atoms with Crippen molar-refractivity contribution >= 4 is 29.3 Å². The summed E-state index contributed by atoms with van der Waals surface area (Å²) in [5.74, 6) is 1.41. The first kappa shape index (κ1) is 17.2. The Morgan fingerprint density at radius 1 is 1.19 bits per heavy atom. The third kappa shape index (κ3) is 3.54. The van der Waals surface area contributed by atoms with Crippen molar-refractivity contribution < 1.29 is 4.74 Å². The van der Waals surface area contributed by atoms with Crippen LogP contribution in [0.1, 0.15) is 19.4 Å². The molecule has 2 aromatic heterocycles. The van der Waals surface area contributed by atoms with Crippen LogP contribution in [0.25, 0.3) is 22.3 Å². The standard InChI is InChI=1S/C20H19N5OS/c1-13(2)26-16-7-5-6-14(10-16)19-23-24-20(27)25(19)22-12-15-11-21-18-9-4-3-8-17(15)18/h3-13,21H,1-2H3,(H,24,27). The molecule has 0 bridgehead atoms. The molecule has 2 heterocycles. The van der Waals surface area contributed by atoms with Gasteiger partial charge in [-0.15, -0.1) is 0 Å². The third-order valence-electron chi connectivity index (χ3n) is 4.05. The number of para-hydroxylation sites is 1. The first-order chi connectivity index (χ1) is 13.1. The van der Waals surface area contributed by atoms with Crippen molar-refractivity contribution in [3.8, 4) is 17.1 Å². The highest BCUT2D eigenvalue weighted by Gasteiger charge is 2.10. The van der Waals surface area contributed by atoms with Crippen molar-refractivity contribution in [1.29, 1.82) is 0 Å². The van der Waals surface area contributed by atoms with Crippen LogP contribution in [0, 0.1) is 4.77 Å². The molecule has 0 radical (unpaired) electrons. The molecule has 136 valence electrons. The molecule has 4 rings (SSSR count). The van der Waals surface area contributed by atoms with Crippen molar-refractivity contribution in [1.82, 2.24) is 19.9 Å². The average Bonchev–Trinajstić information content (AvgIpc) is 3.23. The van der Waals surface area contributed by atoms with Gasteiger partial charge in [0, 0.05) is 28.2 Å². The van der Waals surface area contributed by atoms with Crippen LogP contribution in [-0.2, 0) is 0 Å². The van der Waals surface area contributed by atoms with Crippen LogP contribution < -0.4 is 4.74 Å².